The zero-order chi connectivity index (χ0) is 18.7. The lowest BCUT2D eigenvalue weighted by atomic mass is 9.87. The predicted molar refractivity (Wildman–Crippen MR) is 104 cm³/mol. The highest BCUT2D eigenvalue weighted by atomic mass is 16.5. The number of hydrogen-bond donors (Lipinski definition) is 1. The minimum atomic E-state index is -0.113. The molecule has 2 fully saturated rings. The molecule has 1 spiro atoms. The van der Waals surface area contributed by atoms with Gasteiger partial charge in [0.05, 0.1) is 18.2 Å². The van der Waals surface area contributed by atoms with E-state index in [0.717, 1.165) is 38.9 Å². The average molecular weight is 365 g/mol. The van der Waals surface area contributed by atoms with Crippen LogP contribution < -0.4 is 5.32 Å². The molecule has 2 saturated heterocycles. The van der Waals surface area contributed by atoms with E-state index >= 15 is 0 Å². The number of aryl methyl sites for hydroxylation is 1. The van der Waals surface area contributed by atoms with Crippen LogP contribution in [0.4, 0.5) is 0 Å². The molecule has 1 aromatic carbocycles. The van der Waals surface area contributed by atoms with E-state index in [1.54, 1.807) is 12.3 Å². The maximum atomic E-state index is 12.3. The Morgan fingerprint density at radius 3 is 2.70 bits per heavy atom. The molecule has 0 radical (unpaired) electrons. The fourth-order valence-electron chi connectivity index (χ4n) is 4.11. The van der Waals surface area contributed by atoms with Gasteiger partial charge in [0.2, 0.25) is 0 Å². The van der Waals surface area contributed by atoms with Crippen LogP contribution >= 0.6 is 0 Å². The standard InChI is InChI=1S/C22H27N3O2/c1-17-5-7-18(8-6-17)15-25-12-9-22(10-13-25)14-19(16-27-22)24-21(26)20-4-2-3-11-23-20/h2-8,11,19H,9-10,12-16H2,1H3,(H,24,26)/t19-/m0/s1. The quantitative estimate of drug-likeness (QED) is 0.905. The molecule has 0 bridgehead atoms. The van der Waals surface area contributed by atoms with Crippen LogP contribution in [0.2, 0.25) is 0 Å². The first-order valence-corrected chi connectivity index (χ1v) is 9.76. The molecule has 1 N–H and O–H groups in total. The Balaban J connectivity index is 1.27. The molecule has 5 heteroatoms. The van der Waals surface area contributed by atoms with Gasteiger partial charge in [0.15, 0.2) is 0 Å². The second kappa shape index (κ2) is 7.79. The number of rotatable bonds is 4. The molecule has 3 heterocycles. The van der Waals surface area contributed by atoms with Gasteiger partial charge in [-0.25, -0.2) is 0 Å². The molecule has 5 nitrogen and oxygen atoms in total. The van der Waals surface area contributed by atoms with Crippen molar-refractivity contribution in [2.75, 3.05) is 19.7 Å². The van der Waals surface area contributed by atoms with Crippen molar-refractivity contribution in [1.29, 1.82) is 0 Å². The predicted octanol–water partition coefficient (Wildman–Crippen LogP) is 2.94. The largest absolute Gasteiger partial charge is 0.373 e. The summed E-state index contributed by atoms with van der Waals surface area (Å²) in [5.41, 5.74) is 3.05. The minimum Gasteiger partial charge on any atom is -0.373 e. The third-order valence-electron chi connectivity index (χ3n) is 5.74. The number of aromatic nitrogens is 1. The van der Waals surface area contributed by atoms with Gasteiger partial charge < -0.3 is 10.1 Å². The number of carbonyl (C=O) groups excluding carboxylic acids is 1. The summed E-state index contributed by atoms with van der Waals surface area (Å²) in [6.07, 6.45) is 4.58. The van der Waals surface area contributed by atoms with Crippen molar-refractivity contribution in [1.82, 2.24) is 15.2 Å². The lowest BCUT2D eigenvalue weighted by molar-refractivity contribution is -0.0449. The van der Waals surface area contributed by atoms with E-state index < -0.39 is 0 Å². The van der Waals surface area contributed by atoms with E-state index in [1.807, 2.05) is 12.1 Å². The van der Waals surface area contributed by atoms with Gasteiger partial charge in [-0.15, -0.1) is 0 Å². The first-order valence-electron chi connectivity index (χ1n) is 9.76. The Morgan fingerprint density at radius 1 is 1.22 bits per heavy atom. The highest BCUT2D eigenvalue weighted by Gasteiger charge is 2.43. The molecule has 142 valence electrons. The maximum Gasteiger partial charge on any atom is 0.270 e. The van der Waals surface area contributed by atoms with E-state index in [1.165, 1.54) is 11.1 Å². The number of benzene rings is 1. The fraction of sp³-hybridized carbons (Fsp3) is 0.455. The second-order valence-corrected chi connectivity index (χ2v) is 7.85. The van der Waals surface area contributed by atoms with Crippen molar-refractivity contribution in [3.05, 3.63) is 65.5 Å². The molecule has 1 amide bonds. The number of nitrogens with zero attached hydrogens (tertiary/aromatic N) is 2. The summed E-state index contributed by atoms with van der Waals surface area (Å²) in [6, 6.07) is 14.2. The molecular weight excluding hydrogens is 338 g/mol. The van der Waals surface area contributed by atoms with Crippen LogP contribution in [0.25, 0.3) is 0 Å². The van der Waals surface area contributed by atoms with Crippen LogP contribution in [0.5, 0.6) is 0 Å². The average Bonchev–Trinajstić information content (AvgIpc) is 3.08. The number of ether oxygens (including phenoxy) is 1. The molecule has 4 rings (SSSR count). The number of carbonyl (C=O) groups is 1. The highest BCUT2D eigenvalue weighted by molar-refractivity contribution is 5.92. The van der Waals surface area contributed by atoms with Gasteiger partial charge in [-0.1, -0.05) is 35.9 Å². The lowest BCUT2D eigenvalue weighted by Crippen LogP contribution is -2.44. The summed E-state index contributed by atoms with van der Waals surface area (Å²) >= 11 is 0. The Kier molecular flexibility index (Phi) is 5.23. The molecule has 1 atom stereocenters. The summed E-state index contributed by atoms with van der Waals surface area (Å²) in [5.74, 6) is -0.113. The smallest absolute Gasteiger partial charge is 0.270 e. The number of piperidine rings is 1. The van der Waals surface area contributed by atoms with Crippen LogP contribution in [-0.4, -0.2) is 47.1 Å². The van der Waals surface area contributed by atoms with Crippen LogP contribution in [0.15, 0.2) is 48.7 Å². The van der Waals surface area contributed by atoms with Gasteiger partial charge in [-0.2, -0.15) is 0 Å². The van der Waals surface area contributed by atoms with Crippen LogP contribution in [0, 0.1) is 6.92 Å². The third kappa shape index (κ3) is 4.37. The molecule has 0 aliphatic carbocycles. The van der Waals surface area contributed by atoms with E-state index in [-0.39, 0.29) is 17.6 Å². The van der Waals surface area contributed by atoms with Crippen LogP contribution in [0.3, 0.4) is 0 Å². The maximum absolute atomic E-state index is 12.3. The fourth-order valence-corrected chi connectivity index (χ4v) is 4.11. The lowest BCUT2D eigenvalue weighted by Gasteiger charge is -2.38. The van der Waals surface area contributed by atoms with Gasteiger partial charge in [0.1, 0.15) is 5.69 Å². The third-order valence-corrected chi connectivity index (χ3v) is 5.74. The monoisotopic (exact) mass is 365 g/mol. The van der Waals surface area contributed by atoms with Crippen LogP contribution in [0.1, 0.15) is 40.9 Å². The number of nitrogens with one attached hydrogen (secondary N) is 1. The Labute approximate surface area is 160 Å². The summed E-state index contributed by atoms with van der Waals surface area (Å²) in [5, 5.41) is 3.08. The second-order valence-electron chi connectivity index (χ2n) is 7.85. The summed E-state index contributed by atoms with van der Waals surface area (Å²) in [4.78, 5) is 18.9. The first kappa shape index (κ1) is 18.1. The summed E-state index contributed by atoms with van der Waals surface area (Å²) in [7, 11) is 0. The SMILES string of the molecule is Cc1ccc(CN2CCC3(CC2)C[C@H](NC(=O)c2ccccn2)CO3)cc1. The van der Waals surface area contributed by atoms with E-state index in [9.17, 15) is 4.79 Å². The van der Waals surface area contributed by atoms with E-state index in [0.29, 0.717) is 12.3 Å². The number of hydrogen-bond acceptors (Lipinski definition) is 4. The number of likely N-dealkylation sites (tertiary alicyclic amines) is 1. The number of amides is 1. The zero-order valence-electron chi connectivity index (χ0n) is 15.9. The molecular formula is C22H27N3O2. The summed E-state index contributed by atoms with van der Waals surface area (Å²) in [6.45, 7) is 5.78. The molecule has 2 aliphatic heterocycles. The van der Waals surface area contributed by atoms with Crippen LogP contribution in [-0.2, 0) is 11.3 Å². The Morgan fingerprint density at radius 2 is 2.00 bits per heavy atom. The molecule has 1 aromatic heterocycles. The van der Waals surface area contributed by atoms with Crippen molar-refractivity contribution in [3.8, 4) is 0 Å². The van der Waals surface area contributed by atoms with Gasteiger partial charge in [0.25, 0.3) is 5.91 Å². The van der Waals surface area contributed by atoms with Gasteiger partial charge in [0, 0.05) is 25.8 Å². The normalized spacial score (nSPS) is 22.0. The Hall–Kier alpha value is -2.24. The molecule has 2 aromatic rings. The van der Waals surface area contributed by atoms with Crippen molar-refractivity contribution in [3.63, 3.8) is 0 Å². The highest BCUT2D eigenvalue weighted by Crippen LogP contribution is 2.36. The van der Waals surface area contributed by atoms with E-state index in [4.69, 9.17) is 4.74 Å². The Bertz CT molecular complexity index is 768. The van der Waals surface area contributed by atoms with Crippen molar-refractivity contribution < 1.29 is 9.53 Å². The topological polar surface area (TPSA) is 54.5 Å². The summed E-state index contributed by atoms with van der Waals surface area (Å²) < 4.78 is 6.18. The van der Waals surface area contributed by atoms with Crippen molar-refractivity contribution in [2.24, 2.45) is 0 Å². The van der Waals surface area contributed by atoms with Gasteiger partial charge in [-0.3, -0.25) is 14.7 Å². The van der Waals surface area contributed by atoms with E-state index in [2.05, 4.69) is 46.4 Å². The van der Waals surface area contributed by atoms with Crippen molar-refractivity contribution >= 4 is 5.91 Å². The zero-order valence-corrected chi connectivity index (χ0v) is 15.9. The molecule has 0 saturated carbocycles. The molecule has 2 aliphatic rings. The number of pyridine rings is 1. The van der Waals surface area contributed by atoms with Crippen molar-refractivity contribution in [2.45, 2.75) is 44.4 Å². The minimum absolute atomic E-state index is 0.0724. The molecule has 0 unspecified atom stereocenters. The van der Waals surface area contributed by atoms with Gasteiger partial charge >= 0.3 is 0 Å². The molecule has 27 heavy (non-hydrogen) atoms. The van der Waals surface area contributed by atoms with Gasteiger partial charge in [-0.05, 0) is 43.9 Å². The first-order chi connectivity index (χ1) is 13.1.